The summed E-state index contributed by atoms with van der Waals surface area (Å²) in [6.07, 6.45) is 0. The van der Waals surface area contributed by atoms with E-state index in [1.165, 1.54) is 24.6 Å². The molecule has 0 aliphatic carbocycles. The number of anilines is 1. The van der Waals surface area contributed by atoms with Crippen molar-refractivity contribution >= 4 is 51.0 Å². The number of nitrogens with one attached hydrogen (secondary N) is 1. The summed E-state index contributed by atoms with van der Waals surface area (Å²) in [6.45, 7) is 0.886. The van der Waals surface area contributed by atoms with E-state index >= 15 is 0 Å². The third kappa shape index (κ3) is 3.38. The van der Waals surface area contributed by atoms with E-state index in [2.05, 4.69) is 81.1 Å². The smallest absolute Gasteiger partial charge is 0.0494 e. The molecule has 3 aromatic rings. The third-order valence-corrected chi connectivity index (χ3v) is 5.35. The van der Waals surface area contributed by atoms with Crippen LogP contribution in [0.3, 0.4) is 0 Å². The van der Waals surface area contributed by atoms with Gasteiger partial charge in [0.15, 0.2) is 0 Å². The molecular formula is C15H12INS2. The van der Waals surface area contributed by atoms with Gasteiger partial charge in [-0.15, -0.1) is 22.7 Å². The Morgan fingerprint density at radius 2 is 1.89 bits per heavy atom. The van der Waals surface area contributed by atoms with Crippen molar-refractivity contribution < 1.29 is 0 Å². The van der Waals surface area contributed by atoms with Crippen molar-refractivity contribution in [2.45, 2.75) is 6.54 Å². The summed E-state index contributed by atoms with van der Waals surface area (Å²) in [5, 5.41) is 7.81. The molecule has 0 fully saturated rings. The number of rotatable bonds is 4. The molecular weight excluding hydrogens is 385 g/mol. The van der Waals surface area contributed by atoms with Crippen LogP contribution in [0, 0.1) is 3.57 Å². The molecule has 0 amide bonds. The van der Waals surface area contributed by atoms with Gasteiger partial charge in [-0.05, 0) is 69.7 Å². The van der Waals surface area contributed by atoms with Gasteiger partial charge in [-0.25, -0.2) is 0 Å². The number of halogens is 1. The fourth-order valence-corrected chi connectivity index (χ4v) is 3.78. The number of benzene rings is 1. The molecule has 19 heavy (non-hydrogen) atoms. The first-order chi connectivity index (χ1) is 9.31. The Kier molecular flexibility index (Phi) is 4.20. The molecule has 0 aliphatic heterocycles. The van der Waals surface area contributed by atoms with E-state index < -0.39 is 0 Å². The average Bonchev–Trinajstić information content (AvgIpc) is 3.09. The Bertz CT molecular complexity index is 641. The zero-order chi connectivity index (χ0) is 13.1. The second-order valence-corrected chi connectivity index (χ2v) is 7.33. The van der Waals surface area contributed by atoms with Crippen molar-refractivity contribution in [3.8, 4) is 10.4 Å². The summed E-state index contributed by atoms with van der Waals surface area (Å²) in [6, 6.07) is 15.0. The highest BCUT2D eigenvalue weighted by Crippen LogP contribution is 2.29. The fraction of sp³-hybridized carbons (Fsp3) is 0.0667. The molecule has 0 aliphatic rings. The van der Waals surface area contributed by atoms with E-state index in [1.54, 1.807) is 11.3 Å². The molecule has 3 rings (SSSR count). The van der Waals surface area contributed by atoms with Crippen molar-refractivity contribution in [2.75, 3.05) is 5.32 Å². The molecule has 2 heterocycles. The van der Waals surface area contributed by atoms with Crippen LogP contribution in [0.4, 0.5) is 5.69 Å². The lowest BCUT2D eigenvalue weighted by Crippen LogP contribution is -1.96. The lowest BCUT2D eigenvalue weighted by atomic mass is 10.2. The van der Waals surface area contributed by atoms with Crippen molar-refractivity contribution in [1.82, 2.24) is 0 Å². The lowest BCUT2D eigenvalue weighted by molar-refractivity contribution is 1.19. The van der Waals surface area contributed by atoms with Crippen LogP contribution in [-0.2, 0) is 6.54 Å². The highest BCUT2D eigenvalue weighted by atomic mass is 127. The van der Waals surface area contributed by atoms with Crippen molar-refractivity contribution in [3.63, 3.8) is 0 Å². The monoisotopic (exact) mass is 397 g/mol. The standard InChI is InChI=1S/C15H12INS2/c16-12-3-5-13(6-4-12)17-9-14-8-11(10-19-14)15-2-1-7-18-15/h1-8,10,17H,9H2. The molecule has 2 aromatic heterocycles. The average molecular weight is 397 g/mol. The maximum atomic E-state index is 3.46. The van der Waals surface area contributed by atoms with Gasteiger partial charge in [0.1, 0.15) is 0 Å². The van der Waals surface area contributed by atoms with Gasteiger partial charge in [0.25, 0.3) is 0 Å². The van der Waals surface area contributed by atoms with Gasteiger partial charge in [0.2, 0.25) is 0 Å². The normalized spacial score (nSPS) is 10.6. The van der Waals surface area contributed by atoms with Gasteiger partial charge >= 0.3 is 0 Å². The van der Waals surface area contributed by atoms with Crippen LogP contribution < -0.4 is 5.32 Å². The van der Waals surface area contributed by atoms with Gasteiger partial charge in [-0.1, -0.05) is 6.07 Å². The predicted molar refractivity (Wildman–Crippen MR) is 94.1 cm³/mol. The first kappa shape index (κ1) is 13.1. The molecule has 0 saturated carbocycles. The maximum Gasteiger partial charge on any atom is 0.0494 e. The first-order valence-electron chi connectivity index (χ1n) is 5.92. The molecule has 0 radical (unpaired) electrons. The zero-order valence-corrected chi connectivity index (χ0v) is 13.9. The summed E-state index contributed by atoms with van der Waals surface area (Å²) in [5.41, 5.74) is 2.51. The Balaban J connectivity index is 1.66. The van der Waals surface area contributed by atoms with E-state index in [0.717, 1.165) is 6.54 Å². The van der Waals surface area contributed by atoms with Gasteiger partial charge < -0.3 is 5.32 Å². The molecule has 0 unspecified atom stereocenters. The Morgan fingerprint density at radius 3 is 2.63 bits per heavy atom. The Hall–Kier alpha value is -0.850. The number of hydrogen-bond donors (Lipinski definition) is 1. The number of thiophene rings is 2. The van der Waals surface area contributed by atoms with Gasteiger partial charge in [-0.2, -0.15) is 0 Å². The van der Waals surface area contributed by atoms with E-state index in [1.807, 2.05) is 11.3 Å². The molecule has 96 valence electrons. The Labute approximate surface area is 134 Å². The van der Waals surface area contributed by atoms with E-state index in [-0.39, 0.29) is 0 Å². The van der Waals surface area contributed by atoms with E-state index in [4.69, 9.17) is 0 Å². The van der Waals surface area contributed by atoms with Crippen LogP contribution in [0.25, 0.3) is 10.4 Å². The van der Waals surface area contributed by atoms with Crippen molar-refractivity contribution in [2.24, 2.45) is 0 Å². The summed E-state index contributed by atoms with van der Waals surface area (Å²) in [7, 11) is 0. The number of hydrogen-bond acceptors (Lipinski definition) is 3. The van der Waals surface area contributed by atoms with Crippen LogP contribution in [0.15, 0.2) is 53.2 Å². The quantitative estimate of drug-likeness (QED) is 0.558. The van der Waals surface area contributed by atoms with Crippen molar-refractivity contribution in [3.05, 3.63) is 61.7 Å². The maximum absolute atomic E-state index is 3.46. The van der Waals surface area contributed by atoms with Crippen LogP contribution in [0.5, 0.6) is 0 Å². The molecule has 0 spiro atoms. The van der Waals surface area contributed by atoms with E-state index in [9.17, 15) is 0 Å². The first-order valence-corrected chi connectivity index (χ1v) is 8.76. The summed E-state index contributed by atoms with van der Waals surface area (Å²) < 4.78 is 1.26. The highest BCUT2D eigenvalue weighted by molar-refractivity contribution is 14.1. The molecule has 1 aromatic carbocycles. The highest BCUT2D eigenvalue weighted by Gasteiger charge is 2.03. The molecule has 1 N–H and O–H groups in total. The summed E-state index contributed by atoms with van der Waals surface area (Å²) >= 11 is 5.92. The second-order valence-electron chi connectivity index (χ2n) is 4.14. The topological polar surface area (TPSA) is 12.0 Å². The molecule has 0 bridgehead atoms. The minimum Gasteiger partial charge on any atom is -0.380 e. The summed E-state index contributed by atoms with van der Waals surface area (Å²) in [4.78, 5) is 2.71. The minimum absolute atomic E-state index is 0.886. The third-order valence-electron chi connectivity index (χ3n) is 2.77. The predicted octanol–water partition coefficient (Wildman–Crippen LogP) is 5.69. The second kappa shape index (κ2) is 6.07. The minimum atomic E-state index is 0.886. The molecule has 4 heteroatoms. The SMILES string of the molecule is Ic1ccc(NCc2cc(-c3cccs3)cs2)cc1. The lowest BCUT2D eigenvalue weighted by Gasteiger charge is -2.04. The molecule has 0 atom stereocenters. The largest absolute Gasteiger partial charge is 0.380 e. The van der Waals surface area contributed by atoms with E-state index in [0.29, 0.717) is 0 Å². The molecule has 0 saturated heterocycles. The fourth-order valence-electron chi connectivity index (χ4n) is 1.80. The van der Waals surface area contributed by atoms with Gasteiger partial charge in [0.05, 0.1) is 0 Å². The van der Waals surface area contributed by atoms with Gasteiger partial charge in [-0.3, -0.25) is 0 Å². The Morgan fingerprint density at radius 1 is 1.05 bits per heavy atom. The van der Waals surface area contributed by atoms with Crippen LogP contribution in [0.1, 0.15) is 4.88 Å². The summed E-state index contributed by atoms with van der Waals surface area (Å²) in [5.74, 6) is 0. The molecule has 1 nitrogen and oxygen atoms in total. The van der Waals surface area contributed by atoms with Crippen LogP contribution in [-0.4, -0.2) is 0 Å². The van der Waals surface area contributed by atoms with Crippen molar-refractivity contribution in [1.29, 1.82) is 0 Å². The van der Waals surface area contributed by atoms with Gasteiger partial charge in [0, 0.05) is 31.1 Å². The zero-order valence-electron chi connectivity index (χ0n) is 10.1. The van der Waals surface area contributed by atoms with Crippen LogP contribution in [0.2, 0.25) is 0 Å². The van der Waals surface area contributed by atoms with Crippen LogP contribution >= 0.6 is 45.3 Å².